The number of thiophene rings is 1. The molecule has 132 valence electrons. The molecular weight excluding hydrogens is 375 g/mol. The van der Waals surface area contributed by atoms with Crippen molar-refractivity contribution in [2.45, 2.75) is 13.1 Å². The molecule has 3 nitrogen and oxygen atoms in total. The van der Waals surface area contributed by atoms with Gasteiger partial charge in [0.1, 0.15) is 6.61 Å². The first kappa shape index (κ1) is 18.7. The van der Waals surface area contributed by atoms with Crippen LogP contribution in [-0.2, 0) is 13.1 Å². The Morgan fingerprint density at radius 3 is 2.40 bits per heavy atom. The monoisotopic (exact) mass is 394 g/mol. The molecule has 0 amide bonds. The smallest absolute Gasteiger partial charge is 0.104 e. The molecule has 0 atom stereocenters. The Morgan fingerprint density at radius 1 is 1.00 bits per heavy atom. The second-order valence-electron chi connectivity index (χ2n) is 6.06. The predicted octanol–water partition coefficient (Wildman–Crippen LogP) is 3.72. The van der Waals surface area contributed by atoms with Gasteiger partial charge in [-0.05, 0) is 23.8 Å². The first-order valence-corrected chi connectivity index (χ1v) is 9.83. The average Bonchev–Trinajstić information content (AvgIpc) is 3.05. The second-order valence-corrected chi connectivity index (χ2v) is 7.87. The fraction of sp³-hybridized carbons (Fsp3) is 0.368. The van der Waals surface area contributed by atoms with E-state index in [0.717, 1.165) is 44.8 Å². The summed E-state index contributed by atoms with van der Waals surface area (Å²) < 4.78 is 0. The Balaban J connectivity index is 1.48. The molecular formula is C19H20Cl2N2OS. The summed E-state index contributed by atoms with van der Waals surface area (Å²) in [4.78, 5) is 6.24. The number of benzene rings is 1. The highest BCUT2D eigenvalue weighted by Gasteiger charge is 2.18. The van der Waals surface area contributed by atoms with Crippen molar-refractivity contribution in [3.05, 3.63) is 55.7 Å². The van der Waals surface area contributed by atoms with Gasteiger partial charge in [-0.15, -0.1) is 11.3 Å². The molecule has 0 unspecified atom stereocenters. The van der Waals surface area contributed by atoms with Crippen molar-refractivity contribution < 1.29 is 5.11 Å². The van der Waals surface area contributed by atoms with Gasteiger partial charge in [0.15, 0.2) is 0 Å². The van der Waals surface area contributed by atoms with E-state index in [9.17, 15) is 0 Å². The van der Waals surface area contributed by atoms with Gasteiger partial charge in [0.2, 0.25) is 0 Å². The number of rotatable bonds is 4. The van der Waals surface area contributed by atoms with E-state index in [2.05, 4.69) is 33.1 Å². The third-order valence-electron chi connectivity index (χ3n) is 4.20. The summed E-state index contributed by atoms with van der Waals surface area (Å²) in [5, 5.41) is 12.0. The molecule has 2 heterocycles. The van der Waals surface area contributed by atoms with E-state index in [0.29, 0.717) is 10.0 Å². The van der Waals surface area contributed by atoms with Gasteiger partial charge in [-0.25, -0.2) is 0 Å². The van der Waals surface area contributed by atoms with Crippen LogP contribution in [-0.4, -0.2) is 47.7 Å². The molecule has 1 N–H and O–H groups in total. The first-order valence-electron chi connectivity index (χ1n) is 8.20. The van der Waals surface area contributed by atoms with E-state index in [1.54, 1.807) is 11.3 Å². The van der Waals surface area contributed by atoms with Crippen molar-refractivity contribution in [2.75, 3.05) is 32.8 Å². The fourth-order valence-corrected chi connectivity index (χ4v) is 4.07. The van der Waals surface area contributed by atoms with E-state index in [4.69, 9.17) is 28.3 Å². The lowest BCUT2D eigenvalue weighted by Gasteiger charge is -2.34. The van der Waals surface area contributed by atoms with Crippen LogP contribution < -0.4 is 0 Å². The highest BCUT2D eigenvalue weighted by atomic mass is 35.5. The maximum absolute atomic E-state index is 8.76. The van der Waals surface area contributed by atoms with E-state index in [1.165, 1.54) is 10.4 Å². The minimum atomic E-state index is -0.0913. The molecule has 3 rings (SSSR count). The summed E-state index contributed by atoms with van der Waals surface area (Å²) in [5.41, 5.74) is 2.19. The molecule has 0 bridgehead atoms. The van der Waals surface area contributed by atoms with Crippen molar-refractivity contribution in [1.82, 2.24) is 9.80 Å². The molecule has 1 aromatic carbocycles. The largest absolute Gasteiger partial charge is 0.384 e. The lowest BCUT2D eigenvalue weighted by atomic mass is 10.2. The molecule has 1 aliphatic heterocycles. The van der Waals surface area contributed by atoms with Crippen molar-refractivity contribution in [2.24, 2.45) is 0 Å². The maximum Gasteiger partial charge on any atom is 0.104 e. The van der Waals surface area contributed by atoms with E-state index < -0.39 is 0 Å². The van der Waals surface area contributed by atoms with Gasteiger partial charge >= 0.3 is 0 Å². The van der Waals surface area contributed by atoms with E-state index in [-0.39, 0.29) is 6.61 Å². The topological polar surface area (TPSA) is 26.7 Å². The molecule has 1 aliphatic rings. The van der Waals surface area contributed by atoms with E-state index >= 15 is 0 Å². The molecule has 2 aromatic rings. The Labute approximate surface area is 162 Å². The summed E-state index contributed by atoms with van der Waals surface area (Å²) in [6.07, 6.45) is 0. The van der Waals surface area contributed by atoms with Crippen LogP contribution in [0.3, 0.4) is 0 Å². The number of hydrogen-bond acceptors (Lipinski definition) is 4. The molecule has 1 saturated heterocycles. The summed E-state index contributed by atoms with van der Waals surface area (Å²) >= 11 is 13.8. The fourth-order valence-electron chi connectivity index (χ4n) is 2.89. The lowest BCUT2D eigenvalue weighted by Crippen LogP contribution is -2.45. The Morgan fingerprint density at radius 2 is 1.72 bits per heavy atom. The highest BCUT2D eigenvalue weighted by Crippen LogP contribution is 2.24. The van der Waals surface area contributed by atoms with Crippen LogP contribution in [0.5, 0.6) is 0 Å². The van der Waals surface area contributed by atoms with Crippen LogP contribution >= 0.6 is 34.5 Å². The molecule has 0 radical (unpaired) electrons. The minimum absolute atomic E-state index is 0.0913. The van der Waals surface area contributed by atoms with Gasteiger partial charge in [-0.2, -0.15) is 0 Å². The summed E-state index contributed by atoms with van der Waals surface area (Å²) in [5.74, 6) is 5.65. The predicted molar refractivity (Wildman–Crippen MR) is 105 cm³/mol. The summed E-state index contributed by atoms with van der Waals surface area (Å²) in [6.45, 7) is 5.97. The van der Waals surface area contributed by atoms with Crippen molar-refractivity contribution in [3.8, 4) is 11.8 Å². The van der Waals surface area contributed by atoms with E-state index in [1.807, 2.05) is 18.2 Å². The zero-order valence-corrected chi connectivity index (χ0v) is 16.2. The SMILES string of the molecule is OCC#Cc1csc(CN2CCN(Cc3ccc(Cl)c(Cl)c3)CC2)c1. The molecule has 1 fully saturated rings. The molecule has 0 saturated carbocycles. The first-order chi connectivity index (χ1) is 12.1. The van der Waals surface area contributed by atoms with Gasteiger partial charge in [-0.1, -0.05) is 41.1 Å². The molecule has 6 heteroatoms. The Bertz CT molecular complexity index is 773. The van der Waals surface area contributed by atoms with Gasteiger partial charge < -0.3 is 5.11 Å². The number of aliphatic hydroxyl groups excluding tert-OH is 1. The quantitative estimate of drug-likeness (QED) is 0.800. The normalized spacial score (nSPS) is 15.8. The number of hydrogen-bond donors (Lipinski definition) is 1. The number of aliphatic hydroxyl groups is 1. The second kappa shape index (κ2) is 9.05. The van der Waals surface area contributed by atoms with Crippen LogP contribution in [0.2, 0.25) is 10.0 Å². The molecule has 0 spiro atoms. The minimum Gasteiger partial charge on any atom is -0.384 e. The van der Waals surface area contributed by atoms with Gasteiger partial charge in [0.05, 0.1) is 10.0 Å². The number of nitrogens with zero attached hydrogens (tertiary/aromatic N) is 2. The van der Waals surface area contributed by atoms with Gasteiger partial charge in [-0.3, -0.25) is 9.80 Å². The van der Waals surface area contributed by atoms with Crippen LogP contribution in [0, 0.1) is 11.8 Å². The molecule has 25 heavy (non-hydrogen) atoms. The molecule has 1 aromatic heterocycles. The third-order valence-corrected chi connectivity index (χ3v) is 5.86. The van der Waals surface area contributed by atoms with Crippen molar-refractivity contribution in [1.29, 1.82) is 0 Å². The Kier molecular flexibility index (Phi) is 6.77. The van der Waals surface area contributed by atoms with Crippen LogP contribution in [0.15, 0.2) is 29.6 Å². The average molecular weight is 395 g/mol. The Hall–Kier alpha value is -1.06. The third kappa shape index (κ3) is 5.46. The maximum atomic E-state index is 8.76. The van der Waals surface area contributed by atoms with Crippen LogP contribution in [0.1, 0.15) is 16.0 Å². The standard InChI is InChI=1S/C19H20Cl2N2OS/c20-18-4-3-15(11-19(18)21)12-22-5-7-23(8-6-22)13-17-10-16(14-25-17)2-1-9-24/h3-4,10-11,14,24H,5-9,12-13H2. The summed E-state index contributed by atoms with van der Waals surface area (Å²) in [7, 11) is 0. The highest BCUT2D eigenvalue weighted by molar-refractivity contribution is 7.10. The number of piperazine rings is 1. The summed E-state index contributed by atoms with van der Waals surface area (Å²) in [6, 6.07) is 7.98. The van der Waals surface area contributed by atoms with Gasteiger partial charge in [0, 0.05) is 55.1 Å². The zero-order valence-electron chi connectivity index (χ0n) is 13.8. The van der Waals surface area contributed by atoms with Crippen LogP contribution in [0.25, 0.3) is 0 Å². The van der Waals surface area contributed by atoms with Crippen molar-refractivity contribution >= 4 is 34.5 Å². The molecule has 0 aliphatic carbocycles. The lowest BCUT2D eigenvalue weighted by molar-refractivity contribution is 0.123. The number of halogens is 2. The zero-order chi connectivity index (χ0) is 17.6. The van der Waals surface area contributed by atoms with Crippen molar-refractivity contribution in [3.63, 3.8) is 0 Å². The van der Waals surface area contributed by atoms with Gasteiger partial charge in [0.25, 0.3) is 0 Å². The van der Waals surface area contributed by atoms with Crippen LogP contribution in [0.4, 0.5) is 0 Å².